The summed E-state index contributed by atoms with van der Waals surface area (Å²) in [7, 11) is 0. The Balaban J connectivity index is 1.88. The van der Waals surface area contributed by atoms with Gasteiger partial charge in [0.2, 0.25) is 5.91 Å². The Morgan fingerprint density at radius 1 is 1.12 bits per heavy atom. The molecule has 2 amide bonds. The number of piperidine rings is 1. The Bertz CT molecular complexity index is 792. The van der Waals surface area contributed by atoms with Gasteiger partial charge in [0, 0.05) is 24.3 Å². The molecule has 0 atom stereocenters. The summed E-state index contributed by atoms with van der Waals surface area (Å²) in [5.74, 6) is -0.0757. The number of furan rings is 1. The predicted molar refractivity (Wildman–Crippen MR) is 104 cm³/mol. The van der Waals surface area contributed by atoms with Crippen LogP contribution in [0.2, 0.25) is 0 Å². The highest BCUT2D eigenvalue weighted by atomic mass is 79.9. The highest BCUT2D eigenvalue weighted by molar-refractivity contribution is 9.10. The van der Waals surface area contributed by atoms with Gasteiger partial charge in [-0.25, -0.2) is 0 Å². The zero-order valence-corrected chi connectivity index (χ0v) is 16.7. The van der Waals surface area contributed by atoms with Gasteiger partial charge in [0.05, 0.1) is 0 Å². The molecule has 1 aliphatic rings. The van der Waals surface area contributed by atoms with E-state index in [1.165, 1.54) is 4.90 Å². The van der Waals surface area contributed by atoms with E-state index in [4.69, 9.17) is 4.42 Å². The average molecular weight is 419 g/mol. The van der Waals surface area contributed by atoms with Crippen molar-refractivity contribution in [2.45, 2.75) is 33.1 Å². The number of carbonyl (C=O) groups excluding carboxylic acids is 2. The van der Waals surface area contributed by atoms with E-state index in [0.717, 1.165) is 43.5 Å². The van der Waals surface area contributed by atoms with Crippen LogP contribution in [0.5, 0.6) is 0 Å². The van der Waals surface area contributed by atoms with Crippen molar-refractivity contribution in [1.82, 2.24) is 4.90 Å². The molecule has 0 spiro atoms. The summed E-state index contributed by atoms with van der Waals surface area (Å²) in [5.41, 5.74) is 2.53. The average Bonchev–Trinajstić information content (AvgIpc) is 2.99. The van der Waals surface area contributed by atoms with Gasteiger partial charge in [-0.15, -0.1) is 0 Å². The Hall–Kier alpha value is -2.08. The number of carbonyl (C=O) groups is 2. The van der Waals surface area contributed by atoms with Gasteiger partial charge < -0.3 is 9.32 Å². The van der Waals surface area contributed by atoms with Crippen LogP contribution >= 0.6 is 15.9 Å². The first kappa shape index (κ1) is 18.7. The number of anilines is 1. The Morgan fingerprint density at radius 3 is 2.35 bits per heavy atom. The molecule has 1 fully saturated rings. The fourth-order valence-corrected chi connectivity index (χ4v) is 3.67. The minimum Gasteiger partial charge on any atom is -0.444 e. The number of nitrogens with zero attached hydrogens (tertiary/aromatic N) is 2. The standard InChI is InChI=1S/C20H23BrN2O3/c1-14-6-8-16(9-7-14)23(13-18(24)22-10-4-3-5-11-22)20(25)19-15(2)12-17(21)26-19/h6-9,12H,3-5,10-11,13H2,1-2H3. The zero-order valence-electron chi connectivity index (χ0n) is 15.1. The number of hydrogen-bond donors (Lipinski definition) is 0. The van der Waals surface area contributed by atoms with Crippen LogP contribution in [0.1, 0.15) is 40.9 Å². The number of aryl methyl sites for hydroxylation is 2. The van der Waals surface area contributed by atoms with Crippen LogP contribution < -0.4 is 4.90 Å². The molecule has 0 aliphatic carbocycles. The fraction of sp³-hybridized carbons (Fsp3) is 0.400. The Labute approximate surface area is 162 Å². The van der Waals surface area contributed by atoms with Crippen LogP contribution in [0.15, 0.2) is 39.4 Å². The maximum Gasteiger partial charge on any atom is 0.294 e. The van der Waals surface area contributed by atoms with Crippen LogP contribution in [0.25, 0.3) is 0 Å². The molecule has 138 valence electrons. The number of rotatable bonds is 4. The van der Waals surface area contributed by atoms with Gasteiger partial charge in [-0.2, -0.15) is 0 Å². The van der Waals surface area contributed by atoms with Crippen molar-refractivity contribution < 1.29 is 14.0 Å². The van der Waals surface area contributed by atoms with E-state index < -0.39 is 0 Å². The van der Waals surface area contributed by atoms with E-state index in [0.29, 0.717) is 10.4 Å². The van der Waals surface area contributed by atoms with E-state index in [1.807, 2.05) is 43.0 Å². The molecule has 5 nitrogen and oxygen atoms in total. The quantitative estimate of drug-likeness (QED) is 0.742. The van der Waals surface area contributed by atoms with Crippen LogP contribution in [-0.2, 0) is 4.79 Å². The van der Waals surface area contributed by atoms with Crippen molar-refractivity contribution in [3.8, 4) is 0 Å². The lowest BCUT2D eigenvalue weighted by molar-refractivity contribution is -0.130. The van der Waals surface area contributed by atoms with Gasteiger partial charge in [0.1, 0.15) is 6.54 Å². The molecule has 0 saturated carbocycles. The van der Waals surface area contributed by atoms with Gasteiger partial charge in [-0.05, 0) is 67.2 Å². The maximum atomic E-state index is 13.1. The Kier molecular flexibility index (Phi) is 5.81. The predicted octanol–water partition coefficient (Wildman–Crippen LogP) is 4.32. The van der Waals surface area contributed by atoms with E-state index in [1.54, 1.807) is 6.07 Å². The number of likely N-dealkylation sites (tertiary alicyclic amines) is 1. The molecular formula is C20H23BrN2O3. The molecule has 2 heterocycles. The van der Waals surface area contributed by atoms with E-state index in [2.05, 4.69) is 15.9 Å². The summed E-state index contributed by atoms with van der Waals surface area (Å²) < 4.78 is 6.03. The molecule has 1 aromatic heterocycles. The fourth-order valence-electron chi connectivity index (χ4n) is 3.16. The maximum absolute atomic E-state index is 13.1. The van der Waals surface area contributed by atoms with E-state index in [9.17, 15) is 9.59 Å². The number of benzene rings is 1. The molecule has 3 rings (SSSR count). The number of hydrogen-bond acceptors (Lipinski definition) is 3. The lowest BCUT2D eigenvalue weighted by Crippen LogP contribution is -2.45. The second kappa shape index (κ2) is 8.08. The minimum absolute atomic E-state index is 0.0135. The summed E-state index contributed by atoms with van der Waals surface area (Å²) in [4.78, 5) is 29.2. The topological polar surface area (TPSA) is 53.8 Å². The Morgan fingerprint density at radius 2 is 1.77 bits per heavy atom. The highest BCUT2D eigenvalue weighted by Crippen LogP contribution is 2.24. The normalized spacial score (nSPS) is 14.3. The van der Waals surface area contributed by atoms with Crippen molar-refractivity contribution in [2.75, 3.05) is 24.5 Å². The van der Waals surface area contributed by atoms with Crippen molar-refractivity contribution in [3.05, 3.63) is 51.9 Å². The van der Waals surface area contributed by atoms with E-state index in [-0.39, 0.29) is 24.1 Å². The molecule has 0 radical (unpaired) electrons. The first-order valence-corrected chi connectivity index (χ1v) is 9.67. The number of amides is 2. The van der Waals surface area contributed by atoms with Gasteiger partial charge in [0.15, 0.2) is 10.4 Å². The van der Waals surface area contributed by atoms with E-state index >= 15 is 0 Å². The van der Waals surface area contributed by atoms with Gasteiger partial charge in [-0.3, -0.25) is 14.5 Å². The van der Waals surface area contributed by atoms with Crippen LogP contribution in [0.3, 0.4) is 0 Å². The van der Waals surface area contributed by atoms with Gasteiger partial charge in [-0.1, -0.05) is 17.7 Å². The third kappa shape index (κ3) is 4.18. The van der Waals surface area contributed by atoms with Crippen molar-refractivity contribution in [1.29, 1.82) is 0 Å². The van der Waals surface area contributed by atoms with Gasteiger partial charge in [0.25, 0.3) is 5.91 Å². The molecule has 2 aromatic rings. The summed E-state index contributed by atoms with van der Waals surface area (Å²) in [5, 5.41) is 0. The number of halogens is 1. The van der Waals surface area contributed by atoms with Crippen LogP contribution in [-0.4, -0.2) is 36.3 Å². The molecular weight excluding hydrogens is 396 g/mol. The molecule has 0 unspecified atom stereocenters. The summed E-state index contributed by atoms with van der Waals surface area (Å²) in [6, 6.07) is 9.36. The SMILES string of the molecule is Cc1ccc(N(CC(=O)N2CCCCC2)C(=O)c2oc(Br)cc2C)cc1. The molecule has 6 heteroatoms. The minimum atomic E-state index is -0.303. The zero-order chi connectivity index (χ0) is 18.7. The highest BCUT2D eigenvalue weighted by Gasteiger charge is 2.27. The first-order chi connectivity index (χ1) is 12.5. The van der Waals surface area contributed by atoms with Crippen molar-refractivity contribution in [2.24, 2.45) is 0 Å². The van der Waals surface area contributed by atoms with Crippen molar-refractivity contribution in [3.63, 3.8) is 0 Å². The smallest absolute Gasteiger partial charge is 0.294 e. The molecule has 1 aliphatic heterocycles. The largest absolute Gasteiger partial charge is 0.444 e. The van der Waals surface area contributed by atoms with Crippen LogP contribution in [0.4, 0.5) is 5.69 Å². The summed E-state index contributed by atoms with van der Waals surface area (Å²) in [6.45, 7) is 5.35. The van der Waals surface area contributed by atoms with Crippen LogP contribution in [0, 0.1) is 13.8 Å². The van der Waals surface area contributed by atoms with Gasteiger partial charge >= 0.3 is 0 Å². The second-order valence-electron chi connectivity index (χ2n) is 6.73. The molecule has 0 bridgehead atoms. The third-order valence-corrected chi connectivity index (χ3v) is 5.07. The monoisotopic (exact) mass is 418 g/mol. The summed E-state index contributed by atoms with van der Waals surface area (Å²) >= 11 is 3.27. The molecule has 0 N–H and O–H groups in total. The lowest BCUT2D eigenvalue weighted by Gasteiger charge is -2.30. The summed E-state index contributed by atoms with van der Waals surface area (Å²) in [6.07, 6.45) is 3.20. The first-order valence-electron chi connectivity index (χ1n) is 8.88. The molecule has 26 heavy (non-hydrogen) atoms. The molecule has 1 saturated heterocycles. The van der Waals surface area contributed by atoms with Crippen molar-refractivity contribution >= 4 is 33.4 Å². The molecule has 1 aromatic carbocycles. The lowest BCUT2D eigenvalue weighted by atomic mass is 10.1. The third-order valence-electron chi connectivity index (χ3n) is 4.67. The second-order valence-corrected chi connectivity index (χ2v) is 7.51.